The number of nitrogens with zero attached hydrogens (tertiary/aromatic N) is 4. The van der Waals surface area contributed by atoms with Gasteiger partial charge >= 0.3 is 0 Å². The van der Waals surface area contributed by atoms with Crippen LogP contribution in [-0.2, 0) is 4.79 Å². The van der Waals surface area contributed by atoms with E-state index in [1.54, 1.807) is 7.05 Å². The van der Waals surface area contributed by atoms with Crippen molar-refractivity contribution < 1.29 is 9.18 Å². The summed E-state index contributed by atoms with van der Waals surface area (Å²) in [5.41, 5.74) is 0.559. The van der Waals surface area contributed by atoms with Crippen molar-refractivity contribution in [2.24, 2.45) is 0 Å². The quantitative estimate of drug-likeness (QED) is 0.771. The lowest BCUT2D eigenvalue weighted by Gasteiger charge is -2.47. The second kappa shape index (κ2) is 4.70. The van der Waals surface area contributed by atoms with Crippen molar-refractivity contribution in [1.82, 2.24) is 9.88 Å². The number of carbonyl (C=O) groups is 1. The van der Waals surface area contributed by atoms with Gasteiger partial charge in [-0.3, -0.25) is 9.69 Å². The largest absolute Gasteiger partial charge is 0.340 e. The molecule has 1 aromatic heterocycles. The molecule has 3 heterocycles. The molecule has 0 bridgehead atoms. The Balaban J connectivity index is 1.99. The normalized spacial score (nSPS) is 23.1. The van der Waals surface area contributed by atoms with Crippen LogP contribution in [-0.4, -0.2) is 54.6 Å². The zero-order chi connectivity index (χ0) is 14.4. The van der Waals surface area contributed by atoms with Crippen molar-refractivity contribution in [3.8, 4) is 0 Å². The topological polar surface area (TPSA) is 39.7 Å². The fraction of sp³-hybridized carbons (Fsp3) is 0.571. The maximum atomic E-state index is 13.4. The molecule has 0 radical (unpaired) electrons. The molecule has 1 fully saturated rings. The number of fused-ring (bicyclic) bond motifs is 3. The van der Waals surface area contributed by atoms with Crippen molar-refractivity contribution in [3.05, 3.63) is 18.1 Å². The van der Waals surface area contributed by atoms with E-state index in [4.69, 9.17) is 0 Å². The molecule has 0 saturated carbocycles. The number of hydrogen-bond donors (Lipinski definition) is 0. The van der Waals surface area contributed by atoms with Crippen molar-refractivity contribution in [1.29, 1.82) is 0 Å². The van der Waals surface area contributed by atoms with E-state index in [1.807, 2.05) is 4.90 Å². The van der Waals surface area contributed by atoms with E-state index < -0.39 is 5.82 Å². The van der Waals surface area contributed by atoms with Crippen LogP contribution in [0.15, 0.2) is 12.3 Å². The predicted octanol–water partition coefficient (Wildman–Crippen LogP) is 1.10. The van der Waals surface area contributed by atoms with Gasteiger partial charge in [0.05, 0.1) is 11.9 Å². The van der Waals surface area contributed by atoms with Crippen molar-refractivity contribution in [3.63, 3.8) is 0 Å². The highest BCUT2D eigenvalue weighted by Crippen LogP contribution is 2.35. The Bertz CT molecular complexity index is 548. The molecule has 1 atom stereocenters. The summed E-state index contributed by atoms with van der Waals surface area (Å²) in [4.78, 5) is 22.5. The molecular weight excluding hydrogens is 259 g/mol. The number of anilines is 2. The lowest BCUT2D eigenvalue weighted by molar-refractivity contribution is -0.121. The van der Waals surface area contributed by atoms with Crippen LogP contribution in [0.25, 0.3) is 0 Å². The van der Waals surface area contributed by atoms with Crippen LogP contribution >= 0.6 is 0 Å². The third kappa shape index (κ3) is 1.95. The number of pyridine rings is 1. The zero-order valence-electron chi connectivity index (χ0n) is 12.0. The number of rotatable bonds is 1. The van der Waals surface area contributed by atoms with E-state index >= 15 is 0 Å². The third-order valence-corrected chi connectivity index (χ3v) is 4.20. The Morgan fingerprint density at radius 1 is 1.40 bits per heavy atom. The zero-order valence-corrected chi connectivity index (χ0v) is 12.0. The second-order valence-corrected chi connectivity index (χ2v) is 5.69. The van der Waals surface area contributed by atoms with Crippen LogP contribution in [0.1, 0.15) is 13.8 Å². The van der Waals surface area contributed by atoms with Crippen LogP contribution < -0.4 is 9.80 Å². The summed E-state index contributed by atoms with van der Waals surface area (Å²) in [6.07, 6.45) is 1.22. The molecule has 2 aliphatic rings. The Labute approximate surface area is 118 Å². The first-order valence-electron chi connectivity index (χ1n) is 6.93. The maximum Gasteiger partial charge on any atom is 0.250 e. The molecule has 0 aliphatic carbocycles. The number of aromatic nitrogens is 1. The second-order valence-electron chi connectivity index (χ2n) is 5.69. The first-order valence-corrected chi connectivity index (χ1v) is 6.93. The van der Waals surface area contributed by atoms with Crippen LogP contribution in [0.5, 0.6) is 0 Å². The van der Waals surface area contributed by atoms with E-state index in [0.717, 1.165) is 13.1 Å². The molecule has 1 saturated heterocycles. The molecule has 1 amide bonds. The molecule has 5 nitrogen and oxygen atoms in total. The molecule has 20 heavy (non-hydrogen) atoms. The van der Waals surface area contributed by atoms with Gasteiger partial charge in [0, 0.05) is 38.8 Å². The van der Waals surface area contributed by atoms with Gasteiger partial charge in [0.1, 0.15) is 11.9 Å². The van der Waals surface area contributed by atoms with Crippen molar-refractivity contribution >= 4 is 17.4 Å². The van der Waals surface area contributed by atoms with Crippen LogP contribution in [0, 0.1) is 5.82 Å². The number of piperazine rings is 1. The number of amides is 1. The molecule has 108 valence electrons. The van der Waals surface area contributed by atoms with Gasteiger partial charge in [-0.2, -0.15) is 0 Å². The number of likely N-dealkylation sites (N-methyl/N-ethyl adjacent to an activating group) is 1. The fourth-order valence-corrected chi connectivity index (χ4v) is 2.97. The minimum Gasteiger partial charge on any atom is -0.340 e. The van der Waals surface area contributed by atoms with E-state index in [0.29, 0.717) is 24.1 Å². The van der Waals surface area contributed by atoms with Gasteiger partial charge in [-0.05, 0) is 13.8 Å². The van der Waals surface area contributed by atoms with Gasteiger partial charge in [-0.1, -0.05) is 0 Å². The summed E-state index contributed by atoms with van der Waals surface area (Å²) in [5, 5.41) is 0. The average molecular weight is 278 g/mol. The molecule has 0 spiro atoms. The van der Waals surface area contributed by atoms with Crippen LogP contribution in [0.3, 0.4) is 0 Å². The van der Waals surface area contributed by atoms with Gasteiger partial charge < -0.3 is 9.80 Å². The highest BCUT2D eigenvalue weighted by Gasteiger charge is 2.41. The standard InChI is InChI=1S/C14H19FN4O/c1-9(2)18-4-5-19-12(8-18)14(20)17(3)11-6-10(15)7-16-13(11)19/h6-7,9,12H,4-5,8H2,1-3H3. The lowest BCUT2D eigenvalue weighted by atomic mass is 10.0. The van der Waals surface area contributed by atoms with E-state index in [-0.39, 0.29) is 11.9 Å². The van der Waals surface area contributed by atoms with E-state index in [1.165, 1.54) is 17.2 Å². The first kappa shape index (κ1) is 13.3. The highest BCUT2D eigenvalue weighted by molar-refractivity contribution is 6.04. The summed E-state index contributed by atoms with van der Waals surface area (Å²) in [6.45, 7) is 6.60. The SMILES string of the molecule is CC(C)N1CCN2c3ncc(F)cc3N(C)C(=O)C2C1. The predicted molar refractivity (Wildman–Crippen MR) is 75.4 cm³/mol. The lowest BCUT2D eigenvalue weighted by Crippen LogP contribution is -2.63. The Morgan fingerprint density at radius 3 is 2.85 bits per heavy atom. The summed E-state index contributed by atoms with van der Waals surface area (Å²) in [7, 11) is 1.69. The van der Waals surface area contributed by atoms with Crippen LogP contribution in [0.2, 0.25) is 0 Å². The molecule has 3 rings (SSSR count). The van der Waals surface area contributed by atoms with Crippen molar-refractivity contribution in [2.45, 2.75) is 25.9 Å². The highest BCUT2D eigenvalue weighted by atomic mass is 19.1. The van der Waals surface area contributed by atoms with Gasteiger partial charge in [-0.15, -0.1) is 0 Å². The molecule has 0 N–H and O–H groups in total. The minimum absolute atomic E-state index is 0.00949. The molecule has 0 aromatic carbocycles. The van der Waals surface area contributed by atoms with Crippen LogP contribution in [0.4, 0.5) is 15.9 Å². The van der Waals surface area contributed by atoms with Gasteiger partial charge in [0.15, 0.2) is 5.82 Å². The van der Waals surface area contributed by atoms with Gasteiger partial charge in [0.2, 0.25) is 0 Å². The van der Waals surface area contributed by atoms with E-state index in [9.17, 15) is 9.18 Å². The average Bonchev–Trinajstić information content (AvgIpc) is 2.44. The van der Waals surface area contributed by atoms with Gasteiger partial charge in [0.25, 0.3) is 5.91 Å². The first-order chi connectivity index (χ1) is 9.49. The summed E-state index contributed by atoms with van der Waals surface area (Å²) >= 11 is 0. The maximum absolute atomic E-state index is 13.4. The summed E-state index contributed by atoms with van der Waals surface area (Å²) in [5.74, 6) is 0.305. The molecule has 2 aliphatic heterocycles. The summed E-state index contributed by atoms with van der Waals surface area (Å²) in [6, 6.07) is 1.57. The summed E-state index contributed by atoms with van der Waals surface area (Å²) < 4.78 is 13.4. The Hall–Kier alpha value is -1.69. The monoisotopic (exact) mass is 278 g/mol. The Morgan fingerprint density at radius 2 is 2.15 bits per heavy atom. The van der Waals surface area contributed by atoms with E-state index in [2.05, 4.69) is 23.7 Å². The van der Waals surface area contributed by atoms with Crippen molar-refractivity contribution in [2.75, 3.05) is 36.5 Å². The molecule has 1 unspecified atom stereocenters. The molecule has 1 aromatic rings. The number of hydrogen-bond acceptors (Lipinski definition) is 4. The fourth-order valence-electron chi connectivity index (χ4n) is 2.97. The smallest absolute Gasteiger partial charge is 0.250 e. The molecular formula is C14H19FN4O. The number of carbonyl (C=O) groups excluding carboxylic acids is 1. The Kier molecular flexibility index (Phi) is 3.12. The molecule has 6 heteroatoms. The third-order valence-electron chi connectivity index (χ3n) is 4.20. The minimum atomic E-state index is -0.414. The number of halogens is 1. The van der Waals surface area contributed by atoms with Gasteiger partial charge in [-0.25, -0.2) is 9.37 Å².